The Balaban J connectivity index is 2.11. The molecular formula is C14H16N2. The Kier molecular flexibility index (Phi) is 3.30. The van der Waals surface area contributed by atoms with Gasteiger partial charge in [-0.3, -0.25) is 9.97 Å². The molecule has 0 saturated carbocycles. The Morgan fingerprint density at radius 3 is 2.38 bits per heavy atom. The first kappa shape index (κ1) is 10.8. The molecule has 0 aliphatic heterocycles. The third-order valence-electron chi connectivity index (χ3n) is 2.65. The van der Waals surface area contributed by atoms with Crippen LogP contribution in [0.3, 0.4) is 0 Å². The minimum absolute atomic E-state index is 0.588. The van der Waals surface area contributed by atoms with Gasteiger partial charge in [0.15, 0.2) is 0 Å². The highest BCUT2D eigenvalue weighted by Gasteiger charge is 2.00. The van der Waals surface area contributed by atoms with Gasteiger partial charge in [-0.25, -0.2) is 0 Å². The van der Waals surface area contributed by atoms with Crippen molar-refractivity contribution in [2.75, 3.05) is 0 Å². The quantitative estimate of drug-likeness (QED) is 0.780. The average molecular weight is 212 g/mol. The third kappa shape index (κ3) is 2.66. The van der Waals surface area contributed by atoms with Gasteiger partial charge in [-0.2, -0.15) is 0 Å². The van der Waals surface area contributed by atoms with E-state index in [-0.39, 0.29) is 0 Å². The minimum Gasteiger partial charge on any atom is -0.261 e. The fourth-order valence-corrected chi connectivity index (χ4v) is 1.65. The van der Waals surface area contributed by atoms with Crippen molar-refractivity contribution >= 4 is 0 Å². The molecule has 2 heteroatoms. The summed E-state index contributed by atoms with van der Waals surface area (Å²) in [5.74, 6) is 0.588. The second-order valence-corrected chi connectivity index (χ2v) is 4.27. The molecule has 0 aliphatic carbocycles. The first-order valence-electron chi connectivity index (χ1n) is 5.59. The van der Waals surface area contributed by atoms with E-state index in [1.165, 1.54) is 11.1 Å². The van der Waals surface area contributed by atoms with E-state index in [1.807, 2.05) is 6.20 Å². The topological polar surface area (TPSA) is 25.8 Å². The lowest BCUT2D eigenvalue weighted by Gasteiger charge is -2.06. The van der Waals surface area contributed by atoms with E-state index in [1.54, 1.807) is 12.4 Å². The number of hydrogen-bond donors (Lipinski definition) is 0. The van der Waals surface area contributed by atoms with Gasteiger partial charge in [0.05, 0.1) is 5.69 Å². The Bertz CT molecular complexity index is 432. The molecule has 16 heavy (non-hydrogen) atoms. The molecule has 0 spiro atoms. The zero-order valence-electron chi connectivity index (χ0n) is 9.72. The monoisotopic (exact) mass is 212 g/mol. The van der Waals surface area contributed by atoms with Crippen molar-refractivity contribution < 1.29 is 0 Å². The normalized spacial score (nSPS) is 10.7. The fourth-order valence-electron chi connectivity index (χ4n) is 1.65. The summed E-state index contributed by atoms with van der Waals surface area (Å²) in [5.41, 5.74) is 3.67. The molecule has 1 aromatic heterocycles. The van der Waals surface area contributed by atoms with Gasteiger partial charge < -0.3 is 0 Å². The zero-order valence-corrected chi connectivity index (χ0v) is 9.72. The smallest absolute Gasteiger partial charge is 0.0630 e. The SMILES string of the molecule is CC(C)c1ccc(Cc2cnccn2)cc1. The maximum Gasteiger partial charge on any atom is 0.0630 e. The van der Waals surface area contributed by atoms with Crippen LogP contribution in [0.5, 0.6) is 0 Å². The van der Waals surface area contributed by atoms with Gasteiger partial charge in [-0.05, 0) is 17.0 Å². The van der Waals surface area contributed by atoms with Crippen molar-refractivity contribution in [3.63, 3.8) is 0 Å². The molecule has 0 N–H and O–H groups in total. The number of aromatic nitrogens is 2. The van der Waals surface area contributed by atoms with Crippen LogP contribution in [0.2, 0.25) is 0 Å². The lowest BCUT2D eigenvalue weighted by Crippen LogP contribution is -1.93. The van der Waals surface area contributed by atoms with Crippen molar-refractivity contribution in [1.82, 2.24) is 9.97 Å². The fraction of sp³-hybridized carbons (Fsp3) is 0.286. The molecule has 0 amide bonds. The summed E-state index contributed by atoms with van der Waals surface area (Å²) in [4.78, 5) is 8.33. The van der Waals surface area contributed by atoms with Gasteiger partial charge in [0, 0.05) is 25.0 Å². The minimum atomic E-state index is 0.588. The van der Waals surface area contributed by atoms with E-state index in [0.29, 0.717) is 5.92 Å². The Morgan fingerprint density at radius 2 is 1.81 bits per heavy atom. The first-order valence-corrected chi connectivity index (χ1v) is 5.59. The summed E-state index contributed by atoms with van der Waals surface area (Å²) in [6, 6.07) is 8.72. The second-order valence-electron chi connectivity index (χ2n) is 4.27. The number of benzene rings is 1. The zero-order chi connectivity index (χ0) is 11.4. The van der Waals surface area contributed by atoms with E-state index in [2.05, 4.69) is 48.1 Å². The van der Waals surface area contributed by atoms with Crippen LogP contribution >= 0.6 is 0 Å². The van der Waals surface area contributed by atoms with Crippen LogP contribution in [0.25, 0.3) is 0 Å². The van der Waals surface area contributed by atoms with E-state index >= 15 is 0 Å². The Morgan fingerprint density at radius 1 is 1.06 bits per heavy atom. The molecule has 0 bridgehead atoms. The molecule has 2 nitrogen and oxygen atoms in total. The molecule has 1 aromatic carbocycles. The van der Waals surface area contributed by atoms with Crippen LogP contribution in [0, 0.1) is 0 Å². The molecule has 0 saturated heterocycles. The second kappa shape index (κ2) is 4.88. The summed E-state index contributed by atoms with van der Waals surface area (Å²) >= 11 is 0. The maximum atomic E-state index is 4.27. The van der Waals surface area contributed by atoms with Crippen LogP contribution in [0.15, 0.2) is 42.9 Å². The van der Waals surface area contributed by atoms with Gasteiger partial charge >= 0.3 is 0 Å². The molecule has 0 radical (unpaired) electrons. The van der Waals surface area contributed by atoms with Crippen molar-refractivity contribution in [3.8, 4) is 0 Å². The molecular weight excluding hydrogens is 196 g/mol. The molecule has 0 unspecified atom stereocenters. The summed E-state index contributed by atoms with van der Waals surface area (Å²) < 4.78 is 0. The number of nitrogens with zero attached hydrogens (tertiary/aromatic N) is 2. The van der Waals surface area contributed by atoms with Crippen LogP contribution in [0.4, 0.5) is 0 Å². The maximum absolute atomic E-state index is 4.27. The molecule has 0 aliphatic rings. The Labute approximate surface area is 96.4 Å². The summed E-state index contributed by atoms with van der Waals surface area (Å²) in [6.45, 7) is 4.41. The standard InChI is InChI=1S/C14H16N2/c1-11(2)13-5-3-12(4-6-13)9-14-10-15-7-8-16-14/h3-8,10-11H,9H2,1-2H3. The molecule has 2 rings (SSSR count). The van der Waals surface area contributed by atoms with Crippen LogP contribution in [-0.4, -0.2) is 9.97 Å². The van der Waals surface area contributed by atoms with Crippen molar-refractivity contribution in [2.45, 2.75) is 26.2 Å². The van der Waals surface area contributed by atoms with Gasteiger partial charge in [-0.1, -0.05) is 38.1 Å². The lowest BCUT2D eigenvalue weighted by molar-refractivity contribution is 0.865. The predicted octanol–water partition coefficient (Wildman–Crippen LogP) is 3.19. The van der Waals surface area contributed by atoms with Crippen molar-refractivity contribution in [2.24, 2.45) is 0 Å². The predicted molar refractivity (Wildman–Crippen MR) is 65.4 cm³/mol. The first-order chi connectivity index (χ1) is 7.75. The molecule has 1 heterocycles. The number of rotatable bonds is 3. The summed E-state index contributed by atoms with van der Waals surface area (Å²) in [7, 11) is 0. The van der Waals surface area contributed by atoms with E-state index in [0.717, 1.165) is 12.1 Å². The van der Waals surface area contributed by atoms with Crippen molar-refractivity contribution in [1.29, 1.82) is 0 Å². The van der Waals surface area contributed by atoms with Gasteiger partial charge in [-0.15, -0.1) is 0 Å². The van der Waals surface area contributed by atoms with E-state index in [9.17, 15) is 0 Å². The third-order valence-corrected chi connectivity index (χ3v) is 2.65. The molecule has 0 atom stereocenters. The molecule has 82 valence electrons. The number of hydrogen-bond acceptors (Lipinski definition) is 2. The van der Waals surface area contributed by atoms with Crippen LogP contribution in [0.1, 0.15) is 36.6 Å². The van der Waals surface area contributed by atoms with Gasteiger partial charge in [0.1, 0.15) is 0 Å². The largest absolute Gasteiger partial charge is 0.261 e. The van der Waals surface area contributed by atoms with Gasteiger partial charge in [0.2, 0.25) is 0 Å². The van der Waals surface area contributed by atoms with Crippen LogP contribution in [-0.2, 0) is 6.42 Å². The Hall–Kier alpha value is -1.70. The van der Waals surface area contributed by atoms with Gasteiger partial charge in [0.25, 0.3) is 0 Å². The molecule has 0 fully saturated rings. The highest BCUT2D eigenvalue weighted by atomic mass is 14.8. The van der Waals surface area contributed by atoms with E-state index in [4.69, 9.17) is 0 Å². The summed E-state index contributed by atoms with van der Waals surface area (Å²) in [5, 5.41) is 0. The lowest BCUT2D eigenvalue weighted by atomic mass is 10.0. The molecule has 2 aromatic rings. The van der Waals surface area contributed by atoms with E-state index < -0.39 is 0 Å². The highest BCUT2D eigenvalue weighted by Crippen LogP contribution is 2.15. The highest BCUT2D eigenvalue weighted by molar-refractivity contribution is 5.27. The summed E-state index contributed by atoms with van der Waals surface area (Å²) in [6.07, 6.45) is 6.10. The van der Waals surface area contributed by atoms with Crippen LogP contribution < -0.4 is 0 Å². The average Bonchev–Trinajstić information content (AvgIpc) is 2.31. The van der Waals surface area contributed by atoms with Crippen molar-refractivity contribution in [3.05, 3.63) is 59.7 Å².